The normalized spacial score (nSPS) is 12.0. The molecule has 5 aromatic carbocycles. The minimum Gasteiger partial charge on any atom is -0.294 e. The molecule has 210 valence electrons. The Morgan fingerprint density at radius 3 is 1.42 bits per heavy atom. The quantitative estimate of drug-likeness (QED) is 0.210. The van der Waals surface area contributed by atoms with Crippen LogP contribution < -0.4 is 0 Å². The Balaban J connectivity index is 1.30. The molecule has 0 atom stereocenters. The van der Waals surface area contributed by atoms with Crippen LogP contribution >= 0.6 is 0 Å². The topological polar surface area (TPSA) is 40.6 Å². The Labute approximate surface area is 257 Å². The average molecular weight is 576 g/mol. The van der Waals surface area contributed by atoms with Gasteiger partial charge in [-0.3, -0.25) is 13.7 Å². The van der Waals surface area contributed by atoms with Crippen LogP contribution in [-0.4, -0.2) is 23.7 Å². The summed E-state index contributed by atoms with van der Waals surface area (Å²) in [6.45, 7) is 0. The second-order valence-electron chi connectivity index (χ2n) is 11.5. The lowest BCUT2D eigenvalue weighted by Gasteiger charge is -2.12. The van der Waals surface area contributed by atoms with Gasteiger partial charge in [-0.2, -0.15) is 0 Å². The van der Waals surface area contributed by atoms with E-state index in [0.29, 0.717) is 0 Å². The molecule has 0 amide bonds. The van der Waals surface area contributed by atoms with Crippen LogP contribution in [0.4, 0.5) is 0 Å². The Morgan fingerprint density at radius 2 is 0.800 bits per heavy atom. The number of pyridine rings is 2. The van der Waals surface area contributed by atoms with Gasteiger partial charge < -0.3 is 0 Å². The summed E-state index contributed by atoms with van der Waals surface area (Å²) in [5.41, 5.74) is 9.44. The van der Waals surface area contributed by atoms with Gasteiger partial charge in [-0.1, -0.05) is 78.9 Å². The fourth-order valence-corrected chi connectivity index (χ4v) is 7.18. The molecule has 0 saturated heterocycles. The molecular formula is C40H25N5. The van der Waals surface area contributed by atoms with Crippen LogP contribution in [0.2, 0.25) is 0 Å². The van der Waals surface area contributed by atoms with Gasteiger partial charge in [-0.05, 0) is 66.7 Å². The smallest absolute Gasteiger partial charge is 0.148 e. The Kier molecular flexibility index (Phi) is 4.93. The number of rotatable bonds is 3. The first-order chi connectivity index (χ1) is 22.3. The maximum absolute atomic E-state index is 5.50. The van der Waals surface area contributed by atoms with Gasteiger partial charge in [0.15, 0.2) is 0 Å². The molecule has 5 aromatic heterocycles. The molecule has 45 heavy (non-hydrogen) atoms. The molecule has 5 nitrogen and oxygen atoms in total. The number of hydrogen-bond acceptors (Lipinski definition) is 2. The van der Waals surface area contributed by atoms with E-state index in [0.717, 1.165) is 66.7 Å². The van der Waals surface area contributed by atoms with Gasteiger partial charge in [0.05, 0.1) is 16.6 Å². The Bertz CT molecular complexity index is 2710. The average Bonchev–Trinajstić information content (AvgIpc) is 3.73. The van der Waals surface area contributed by atoms with Gasteiger partial charge >= 0.3 is 0 Å². The van der Waals surface area contributed by atoms with Crippen molar-refractivity contribution in [2.45, 2.75) is 0 Å². The van der Waals surface area contributed by atoms with Crippen LogP contribution in [0.3, 0.4) is 0 Å². The van der Waals surface area contributed by atoms with Gasteiger partial charge in [-0.25, -0.2) is 9.97 Å². The molecule has 0 aliphatic heterocycles. The maximum Gasteiger partial charge on any atom is 0.148 e. The standard InChI is InChI=1S/C40H25N5/c1-2-12-26(13-3-1)43-36-21-8-5-17-30(36)33-25-34-31-18-6-9-22-37(31)45(40(34)42-39(33)43)28-15-10-14-27(24-28)44-35-20-7-4-16-29(35)32-19-11-23-41-38(32)44/h1-25H. The minimum atomic E-state index is 0.932. The van der Waals surface area contributed by atoms with Crippen LogP contribution in [0.15, 0.2) is 152 Å². The third-order valence-electron chi connectivity index (χ3n) is 9.07. The summed E-state index contributed by atoms with van der Waals surface area (Å²) >= 11 is 0. The molecular weight excluding hydrogens is 550 g/mol. The lowest BCUT2D eigenvalue weighted by Crippen LogP contribution is -2.01. The van der Waals surface area contributed by atoms with Gasteiger partial charge in [0.2, 0.25) is 0 Å². The van der Waals surface area contributed by atoms with Crippen molar-refractivity contribution < 1.29 is 0 Å². The van der Waals surface area contributed by atoms with E-state index in [1.807, 2.05) is 12.3 Å². The zero-order valence-electron chi connectivity index (χ0n) is 24.2. The van der Waals surface area contributed by atoms with Gasteiger partial charge in [0.25, 0.3) is 0 Å². The molecule has 5 heteroatoms. The summed E-state index contributed by atoms with van der Waals surface area (Å²) in [5, 5.41) is 7.01. The van der Waals surface area contributed by atoms with Gasteiger partial charge in [-0.15, -0.1) is 0 Å². The van der Waals surface area contributed by atoms with Crippen LogP contribution in [0, 0.1) is 0 Å². The number of para-hydroxylation sites is 4. The molecule has 10 rings (SSSR count). The van der Waals surface area contributed by atoms with Crippen molar-refractivity contribution in [3.05, 3.63) is 152 Å². The summed E-state index contributed by atoms with van der Waals surface area (Å²) in [6.07, 6.45) is 1.87. The monoisotopic (exact) mass is 575 g/mol. The van der Waals surface area contributed by atoms with E-state index >= 15 is 0 Å². The minimum absolute atomic E-state index is 0.932. The molecule has 0 fully saturated rings. The zero-order valence-corrected chi connectivity index (χ0v) is 24.2. The lowest BCUT2D eigenvalue weighted by molar-refractivity contribution is 1.09. The van der Waals surface area contributed by atoms with Crippen molar-refractivity contribution in [1.29, 1.82) is 0 Å². The van der Waals surface area contributed by atoms with Gasteiger partial charge in [0.1, 0.15) is 16.9 Å². The largest absolute Gasteiger partial charge is 0.294 e. The summed E-state index contributed by atoms with van der Waals surface area (Å²) in [4.78, 5) is 10.3. The van der Waals surface area contributed by atoms with Gasteiger partial charge in [0, 0.05) is 55.6 Å². The fraction of sp³-hybridized carbons (Fsp3) is 0. The van der Waals surface area contributed by atoms with E-state index in [2.05, 4.69) is 153 Å². The zero-order chi connectivity index (χ0) is 29.5. The van der Waals surface area contributed by atoms with E-state index in [1.54, 1.807) is 0 Å². The Hall–Kier alpha value is -6.20. The van der Waals surface area contributed by atoms with Crippen molar-refractivity contribution in [2.75, 3.05) is 0 Å². The van der Waals surface area contributed by atoms with Crippen molar-refractivity contribution in [3.8, 4) is 17.1 Å². The first-order valence-electron chi connectivity index (χ1n) is 15.2. The van der Waals surface area contributed by atoms with E-state index in [-0.39, 0.29) is 0 Å². The molecule has 0 aliphatic rings. The Morgan fingerprint density at radius 1 is 0.333 bits per heavy atom. The number of hydrogen-bond donors (Lipinski definition) is 0. The lowest BCUT2D eigenvalue weighted by atomic mass is 10.1. The molecule has 0 aliphatic carbocycles. The SMILES string of the molecule is c1ccc(-n2c3ccccc3c3cc4c5ccccc5n(-c5cccc(-n6c7ccccc7c7cccnc76)c5)c4nc32)cc1. The van der Waals surface area contributed by atoms with Crippen LogP contribution in [0.1, 0.15) is 0 Å². The number of fused-ring (bicyclic) bond motifs is 9. The highest BCUT2D eigenvalue weighted by Gasteiger charge is 2.20. The first-order valence-corrected chi connectivity index (χ1v) is 15.2. The molecule has 0 unspecified atom stereocenters. The van der Waals surface area contributed by atoms with Crippen molar-refractivity contribution in [3.63, 3.8) is 0 Å². The molecule has 0 saturated carbocycles. The summed E-state index contributed by atoms with van der Waals surface area (Å²) < 4.78 is 6.86. The summed E-state index contributed by atoms with van der Waals surface area (Å²) in [6, 6.07) is 51.5. The molecule has 0 N–H and O–H groups in total. The third kappa shape index (κ3) is 3.38. The highest BCUT2D eigenvalue weighted by molar-refractivity contribution is 6.16. The van der Waals surface area contributed by atoms with Crippen molar-refractivity contribution in [2.24, 2.45) is 0 Å². The maximum atomic E-state index is 5.50. The molecule has 5 heterocycles. The summed E-state index contributed by atoms with van der Waals surface area (Å²) in [5.74, 6) is 0. The first kappa shape index (κ1) is 24.3. The van der Waals surface area contributed by atoms with E-state index < -0.39 is 0 Å². The van der Waals surface area contributed by atoms with E-state index in [9.17, 15) is 0 Å². The predicted molar refractivity (Wildman–Crippen MR) is 185 cm³/mol. The molecule has 0 radical (unpaired) electrons. The van der Waals surface area contributed by atoms with Crippen LogP contribution in [0.25, 0.3) is 82.9 Å². The van der Waals surface area contributed by atoms with E-state index in [4.69, 9.17) is 9.97 Å². The second kappa shape index (κ2) is 9.15. The summed E-state index contributed by atoms with van der Waals surface area (Å²) in [7, 11) is 0. The predicted octanol–water partition coefficient (Wildman–Crippen LogP) is 9.77. The second-order valence-corrected chi connectivity index (χ2v) is 11.5. The highest BCUT2D eigenvalue weighted by Crippen LogP contribution is 2.38. The molecule has 0 bridgehead atoms. The van der Waals surface area contributed by atoms with Crippen LogP contribution in [0.5, 0.6) is 0 Å². The van der Waals surface area contributed by atoms with Crippen molar-refractivity contribution >= 4 is 65.8 Å². The molecule has 10 aromatic rings. The molecule has 0 spiro atoms. The third-order valence-corrected chi connectivity index (χ3v) is 9.07. The fourth-order valence-electron chi connectivity index (χ4n) is 7.18. The van der Waals surface area contributed by atoms with E-state index in [1.165, 1.54) is 16.2 Å². The number of nitrogens with zero attached hydrogens (tertiary/aromatic N) is 5. The van der Waals surface area contributed by atoms with Crippen LogP contribution in [-0.2, 0) is 0 Å². The number of aromatic nitrogens is 5. The number of benzene rings is 5. The van der Waals surface area contributed by atoms with Crippen molar-refractivity contribution in [1.82, 2.24) is 23.7 Å². The highest BCUT2D eigenvalue weighted by atomic mass is 15.1.